The number of hydrogen-bond donors (Lipinski definition) is 1. The summed E-state index contributed by atoms with van der Waals surface area (Å²) in [7, 11) is 0. The maximum Gasteiger partial charge on any atom is 0.329 e. The van der Waals surface area contributed by atoms with Crippen molar-refractivity contribution in [3.8, 4) is 0 Å². The lowest BCUT2D eigenvalue weighted by Gasteiger charge is -2.08. The SMILES string of the molecule is CCCCCCCCCCCCCCCC(=O)OCCOCCOCCOCCOCCOCCOCC(=O)O. The molecule has 0 amide bonds. The van der Waals surface area contributed by atoms with Gasteiger partial charge in [-0.3, -0.25) is 4.79 Å². The zero-order chi connectivity index (χ0) is 29.2. The van der Waals surface area contributed by atoms with Crippen LogP contribution in [0.1, 0.15) is 96.8 Å². The van der Waals surface area contributed by atoms with Crippen LogP contribution in [0.4, 0.5) is 0 Å². The molecule has 1 N–H and O–H groups in total. The fourth-order valence-corrected chi connectivity index (χ4v) is 3.83. The third-order valence-electron chi connectivity index (χ3n) is 6.06. The van der Waals surface area contributed by atoms with Crippen molar-refractivity contribution in [1.82, 2.24) is 0 Å². The van der Waals surface area contributed by atoms with Gasteiger partial charge in [-0.05, 0) is 6.42 Å². The molecular formula is C30H58O10. The van der Waals surface area contributed by atoms with Gasteiger partial charge in [0.1, 0.15) is 13.2 Å². The first-order chi connectivity index (χ1) is 19.7. The van der Waals surface area contributed by atoms with Crippen LogP contribution in [-0.4, -0.2) is 103 Å². The first-order valence-electron chi connectivity index (χ1n) is 15.5. The highest BCUT2D eigenvalue weighted by molar-refractivity contribution is 5.69. The summed E-state index contributed by atoms with van der Waals surface area (Å²) in [6.45, 7) is 6.79. The van der Waals surface area contributed by atoms with E-state index in [0.717, 1.165) is 12.8 Å². The maximum absolute atomic E-state index is 11.8. The lowest BCUT2D eigenvalue weighted by molar-refractivity contribution is -0.145. The number of unbranched alkanes of at least 4 members (excludes halogenated alkanes) is 12. The molecule has 238 valence electrons. The van der Waals surface area contributed by atoms with Crippen molar-refractivity contribution in [2.75, 3.05) is 85.9 Å². The van der Waals surface area contributed by atoms with E-state index in [4.69, 9.17) is 38.3 Å². The van der Waals surface area contributed by atoms with Crippen molar-refractivity contribution in [3.63, 3.8) is 0 Å². The Kier molecular flexibility index (Phi) is 32.8. The number of rotatable bonds is 34. The zero-order valence-corrected chi connectivity index (χ0v) is 25.2. The summed E-state index contributed by atoms with van der Waals surface area (Å²) in [5.74, 6) is -1.13. The number of carboxylic acids is 1. The van der Waals surface area contributed by atoms with Crippen molar-refractivity contribution in [3.05, 3.63) is 0 Å². The predicted molar refractivity (Wildman–Crippen MR) is 154 cm³/mol. The molecule has 0 aromatic rings. The molecule has 0 aliphatic carbocycles. The Balaban J connectivity index is 3.14. The van der Waals surface area contributed by atoms with Gasteiger partial charge >= 0.3 is 11.9 Å². The Morgan fingerprint density at radius 1 is 0.450 bits per heavy atom. The summed E-state index contributed by atoms with van der Waals surface area (Å²) >= 11 is 0. The first kappa shape index (κ1) is 38.7. The monoisotopic (exact) mass is 578 g/mol. The lowest BCUT2D eigenvalue weighted by Crippen LogP contribution is -2.15. The summed E-state index contributed by atoms with van der Waals surface area (Å²) in [5.41, 5.74) is 0. The van der Waals surface area contributed by atoms with E-state index in [1.807, 2.05) is 0 Å². The van der Waals surface area contributed by atoms with E-state index in [1.165, 1.54) is 70.6 Å². The average molecular weight is 579 g/mol. The third-order valence-corrected chi connectivity index (χ3v) is 6.06. The molecule has 0 unspecified atom stereocenters. The minimum absolute atomic E-state index is 0.140. The van der Waals surface area contributed by atoms with Crippen LogP contribution in [0.3, 0.4) is 0 Å². The van der Waals surface area contributed by atoms with Crippen molar-refractivity contribution in [2.24, 2.45) is 0 Å². The molecule has 0 aliphatic heterocycles. The molecule has 40 heavy (non-hydrogen) atoms. The van der Waals surface area contributed by atoms with Crippen LogP contribution in [0.5, 0.6) is 0 Å². The van der Waals surface area contributed by atoms with Crippen LogP contribution in [0.2, 0.25) is 0 Å². The Hall–Kier alpha value is -1.30. The standard InChI is InChI=1S/C30H58O10/c1-2-3-4-5-6-7-8-9-10-11-12-13-14-15-30(33)40-27-26-38-23-22-36-19-18-34-16-17-35-20-21-37-24-25-39-28-29(31)32/h2-28H2,1H3,(H,31,32). The number of ether oxygens (including phenoxy) is 7. The molecule has 0 heterocycles. The second-order valence-electron chi connectivity index (χ2n) is 9.72. The van der Waals surface area contributed by atoms with Gasteiger partial charge in [0, 0.05) is 6.42 Å². The van der Waals surface area contributed by atoms with Gasteiger partial charge in [0.15, 0.2) is 0 Å². The number of aliphatic carboxylic acids is 1. The Morgan fingerprint density at radius 3 is 1.15 bits per heavy atom. The minimum atomic E-state index is -0.994. The normalized spacial score (nSPS) is 11.2. The van der Waals surface area contributed by atoms with Gasteiger partial charge in [-0.25, -0.2) is 4.79 Å². The smallest absolute Gasteiger partial charge is 0.329 e. The number of carbonyl (C=O) groups is 2. The Bertz CT molecular complexity index is 533. The molecule has 0 aromatic carbocycles. The van der Waals surface area contributed by atoms with E-state index in [2.05, 4.69) is 6.92 Å². The zero-order valence-electron chi connectivity index (χ0n) is 25.2. The van der Waals surface area contributed by atoms with Gasteiger partial charge in [-0.15, -0.1) is 0 Å². The summed E-state index contributed by atoms with van der Waals surface area (Å²) < 4.78 is 36.9. The Morgan fingerprint density at radius 2 is 0.775 bits per heavy atom. The average Bonchev–Trinajstić information content (AvgIpc) is 2.94. The topological polar surface area (TPSA) is 119 Å². The molecule has 10 nitrogen and oxygen atoms in total. The van der Waals surface area contributed by atoms with Crippen molar-refractivity contribution in [1.29, 1.82) is 0 Å². The van der Waals surface area contributed by atoms with Crippen LogP contribution < -0.4 is 0 Å². The molecule has 0 spiro atoms. The lowest BCUT2D eigenvalue weighted by atomic mass is 10.0. The van der Waals surface area contributed by atoms with Crippen LogP contribution in [0.25, 0.3) is 0 Å². The number of carboxylic acid groups (broad SMARTS) is 1. The van der Waals surface area contributed by atoms with Crippen molar-refractivity contribution >= 4 is 11.9 Å². The molecule has 0 saturated heterocycles. The highest BCUT2D eigenvalue weighted by Gasteiger charge is 2.03. The fraction of sp³-hybridized carbons (Fsp3) is 0.933. The van der Waals surface area contributed by atoms with Crippen molar-refractivity contribution in [2.45, 2.75) is 96.8 Å². The molecule has 10 heteroatoms. The van der Waals surface area contributed by atoms with E-state index in [-0.39, 0.29) is 25.8 Å². The molecule has 0 aromatic heterocycles. The highest BCUT2D eigenvalue weighted by atomic mass is 16.6. The maximum atomic E-state index is 11.8. The van der Waals surface area contributed by atoms with Crippen LogP contribution in [0, 0.1) is 0 Å². The predicted octanol–water partition coefficient (Wildman–Crippen LogP) is 5.20. The number of esters is 1. The third kappa shape index (κ3) is 34.7. The quantitative estimate of drug-likeness (QED) is 0.0806. The second kappa shape index (κ2) is 33.9. The molecule has 0 radical (unpaired) electrons. The van der Waals surface area contributed by atoms with Gasteiger partial charge in [0.2, 0.25) is 0 Å². The van der Waals surface area contributed by atoms with Crippen LogP contribution in [-0.2, 0) is 42.7 Å². The molecule has 0 atom stereocenters. The molecule has 0 saturated carbocycles. The summed E-state index contributed by atoms with van der Waals surface area (Å²) in [4.78, 5) is 22.1. The first-order valence-corrected chi connectivity index (χ1v) is 15.5. The van der Waals surface area contributed by atoms with Gasteiger partial charge in [-0.2, -0.15) is 0 Å². The fourth-order valence-electron chi connectivity index (χ4n) is 3.83. The van der Waals surface area contributed by atoms with Crippen molar-refractivity contribution < 1.29 is 47.9 Å². The van der Waals surface area contributed by atoms with Gasteiger partial charge in [0.25, 0.3) is 0 Å². The summed E-state index contributed by atoms with van der Waals surface area (Å²) in [5, 5.41) is 8.42. The van der Waals surface area contributed by atoms with Crippen LogP contribution >= 0.6 is 0 Å². The molecule has 0 rings (SSSR count). The van der Waals surface area contributed by atoms with Crippen LogP contribution in [0.15, 0.2) is 0 Å². The van der Waals surface area contributed by atoms with Gasteiger partial charge in [0.05, 0.1) is 72.7 Å². The minimum Gasteiger partial charge on any atom is -0.480 e. The molecule has 0 bridgehead atoms. The summed E-state index contributed by atoms with van der Waals surface area (Å²) in [6, 6.07) is 0. The van der Waals surface area contributed by atoms with Gasteiger partial charge in [-0.1, -0.05) is 84.0 Å². The highest BCUT2D eigenvalue weighted by Crippen LogP contribution is 2.13. The van der Waals surface area contributed by atoms with Gasteiger partial charge < -0.3 is 38.3 Å². The largest absolute Gasteiger partial charge is 0.480 e. The van der Waals surface area contributed by atoms with E-state index in [9.17, 15) is 9.59 Å². The molecule has 0 fully saturated rings. The summed E-state index contributed by atoms with van der Waals surface area (Å²) in [6.07, 6.45) is 17.3. The second-order valence-corrected chi connectivity index (χ2v) is 9.72. The van der Waals surface area contributed by atoms with E-state index in [1.54, 1.807) is 0 Å². The van der Waals surface area contributed by atoms with E-state index >= 15 is 0 Å². The molecule has 0 aliphatic rings. The number of carbonyl (C=O) groups excluding carboxylic acids is 1. The molecular weight excluding hydrogens is 520 g/mol. The van der Waals surface area contributed by atoms with E-state index in [0.29, 0.717) is 72.5 Å². The number of hydrogen-bond acceptors (Lipinski definition) is 9. The Labute approximate surface area is 242 Å². The van der Waals surface area contributed by atoms with E-state index < -0.39 is 5.97 Å².